The van der Waals surface area contributed by atoms with Crippen molar-refractivity contribution in [2.75, 3.05) is 5.32 Å². The summed E-state index contributed by atoms with van der Waals surface area (Å²) in [6.07, 6.45) is 0. The summed E-state index contributed by atoms with van der Waals surface area (Å²) in [4.78, 5) is 0. The van der Waals surface area contributed by atoms with Gasteiger partial charge in [0.1, 0.15) is 5.82 Å². The van der Waals surface area contributed by atoms with Gasteiger partial charge in [-0.05, 0) is 52.3 Å². The molecule has 2 aromatic carbocycles. The van der Waals surface area contributed by atoms with Gasteiger partial charge in [0, 0.05) is 8.95 Å². The topological polar surface area (TPSA) is 35.8 Å². The first-order valence-corrected chi connectivity index (χ1v) is 6.60. The van der Waals surface area contributed by atoms with E-state index in [0.29, 0.717) is 11.3 Å². The summed E-state index contributed by atoms with van der Waals surface area (Å²) in [6.45, 7) is 0. The van der Waals surface area contributed by atoms with Crippen LogP contribution in [0.2, 0.25) is 0 Å². The Morgan fingerprint density at radius 2 is 1.78 bits per heavy atom. The predicted octanol–water partition coefficient (Wildman–Crippen LogP) is 4.97. The Hall–Kier alpha value is -1.38. The number of anilines is 2. The zero-order chi connectivity index (χ0) is 13.1. The van der Waals surface area contributed by atoms with Crippen molar-refractivity contribution >= 4 is 43.2 Å². The fraction of sp³-hybridized carbons (Fsp3) is 0. The molecule has 0 radical (unpaired) electrons. The highest BCUT2D eigenvalue weighted by molar-refractivity contribution is 9.11. The van der Waals surface area contributed by atoms with Gasteiger partial charge in [-0.25, -0.2) is 4.39 Å². The molecule has 0 atom stereocenters. The van der Waals surface area contributed by atoms with Gasteiger partial charge in [-0.2, -0.15) is 5.26 Å². The first-order chi connectivity index (χ1) is 8.60. The predicted molar refractivity (Wildman–Crippen MR) is 76.2 cm³/mol. The van der Waals surface area contributed by atoms with Crippen LogP contribution in [0.4, 0.5) is 15.8 Å². The summed E-state index contributed by atoms with van der Waals surface area (Å²) >= 11 is 6.74. The highest BCUT2D eigenvalue weighted by atomic mass is 79.9. The standard InChI is InChI=1S/C13H7Br2FN2/c14-9-2-4-12(10(15)6-9)18-13-3-1-8(7-17)5-11(13)16/h1-6,18H. The Labute approximate surface area is 121 Å². The van der Waals surface area contributed by atoms with Gasteiger partial charge in [0.2, 0.25) is 0 Å². The molecule has 0 aliphatic heterocycles. The molecule has 0 aromatic heterocycles. The number of nitrogens with one attached hydrogen (secondary N) is 1. The fourth-order valence-corrected chi connectivity index (χ4v) is 2.57. The van der Waals surface area contributed by atoms with Gasteiger partial charge in [-0.15, -0.1) is 0 Å². The smallest absolute Gasteiger partial charge is 0.147 e. The maximum absolute atomic E-state index is 13.7. The van der Waals surface area contributed by atoms with Crippen LogP contribution in [0.3, 0.4) is 0 Å². The molecule has 1 N–H and O–H groups in total. The van der Waals surface area contributed by atoms with Crippen LogP contribution in [-0.2, 0) is 0 Å². The lowest BCUT2D eigenvalue weighted by Gasteiger charge is -2.10. The second-order valence-corrected chi connectivity index (χ2v) is 5.33. The van der Waals surface area contributed by atoms with Crippen molar-refractivity contribution in [2.24, 2.45) is 0 Å². The Bertz CT molecular complexity index is 635. The van der Waals surface area contributed by atoms with Crippen molar-refractivity contribution in [1.29, 1.82) is 5.26 Å². The Morgan fingerprint density at radius 3 is 2.39 bits per heavy atom. The van der Waals surface area contributed by atoms with Crippen molar-refractivity contribution in [2.45, 2.75) is 0 Å². The first-order valence-electron chi connectivity index (χ1n) is 5.02. The summed E-state index contributed by atoms with van der Waals surface area (Å²) in [5.41, 5.74) is 1.38. The molecule has 0 saturated carbocycles. The molecule has 0 heterocycles. The minimum atomic E-state index is -0.455. The third-order valence-corrected chi connectivity index (χ3v) is 3.45. The van der Waals surface area contributed by atoms with E-state index in [9.17, 15) is 4.39 Å². The number of benzene rings is 2. The maximum atomic E-state index is 13.7. The van der Waals surface area contributed by atoms with Gasteiger partial charge in [0.25, 0.3) is 0 Å². The molecule has 0 spiro atoms. The molecule has 2 nitrogen and oxygen atoms in total. The van der Waals surface area contributed by atoms with Crippen molar-refractivity contribution in [3.8, 4) is 6.07 Å². The van der Waals surface area contributed by atoms with E-state index >= 15 is 0 Å². The second-order valence-electron chi connectivity index (χ2n) is 3.56. The summed E-state index contributed by atoms with van der Waals surface area (Å²) in [5, 5.41) is 11.6. The third-order valence-electron chi connectivity index (χ3n) is 2.30. The number of halogens is 3. The van der Waals surface area contributed by atoms with Crippen LogP contribution in [0.15, 0.2) is 45.3 Å². The van der Waals surface area contributed by atoms with Crippen LogP contribution in [0.5, 0.6) is 0 Å². The van der Waals surface area contributed by atoms with Gasteiger partial charge < -0.3 is 5.32 Å². The van der Waals surface area contributed by atoms with E-state index in [0.717, 1.165) is 14.6 Å². The van der Waals surface area contributed by atoms with Crippen LogP contribution in [-0.4, -0.2) is 0 Å². The Morgan fingerprint density at radius 1 is 1.06 bits per heavy atom. The molecule has 0 bridgehead atoms. The van der Waals surface area contributed by atoms with E-state index in [1.165, 1.54) is 6.07 Å². The summed E-state index contributed by atoms with van der Waals surface area (Å²) in [5.74, 6) is -0.455. The number of hydrogen-bond donors (Lipinski definition) is 1. The highest BCUT2D eigenvalue weighted by Crippen LogP contribution is 2.29. The molecular formula is C13H7Br2FN2. The van der Waals surface area contributed by atoms with E-state index in [4.69, 9.17) is 5.26 Å². The first kappa shape index (κ1) is 13.1. The average molecular weight is 370 g/mol. The molecule has 0 fully saturated rings. The number of nitrogens with zero attached hydrogens (tertiary/aromatic N) is 1. The van der Waals surface area contributed by atoms with E-state index < -0.39 is 5.82 Å². The van der Waals surface area contributed by atoms with E-state index in [1.54, 1.807) is 12.1 Å². The molecule has 0 saturated heterocycles. The van der Waals surface area contributed by atoms with Crippen LogP contribution in [0.1, 0.15) is 5.56 Å². The summed E-state index contributed by atoms with van der Waals surface area (Å²) in [6, 6.07) is 11.8. The van der Waals surface area contributed by atoms with Crippen molar-refractivity contribution in [3.63, 3.8) is 0 Å². The summed E-state index contributed by atoms with van der Waals surface area (Å²) in [7, 11) is 0. The molecule has 90 valence electrons. The molecule has 2 aromatic rings. The lowest BCUT2D eigenvalue weighted by atomic mass is 10.2. The van der Waals surface area contributed by atoms with Crippen LogP contribution in [0, 0.1) is 17.1 Å². The lowest BCUT2D eigenvalue weighted by molar-refractivity contribution is 0.631. The minimum Gasteiger partial charge on any atom is -0.352 e. The monoisotopic (exact) mass is 368 g/mol. The normalized spacial score (nSPS) is 9.89. The van der Waals surface area contributed by atoms with Gasteiger partial charge >= 0.3 is 0 Å². The molecule has 0 unspecified atom stereocenters. The van der Waals surface area contributed by atoms with Crippen LogP contribution < -0.4 is 5.32 Å². The largest absolute Gasteiger partial charge is 0.352 e. The molecule has 0 aliphatic rings. The maximum Gasteiger partial charge on any atom is 0.147 e. The van der Waals surface area contributed by atoms with E-state index in [-0.39, 0.29) is 0 Å². The lowest BCUT2D eigenvalue weighted by Crippen LogP contribution is -1.95. The minimum absolute atomic E-state index is 0.299. The Balaban J connectivity index is 2.32. The van der Waals surface area contributed by atoms with Crippen molar-refractivity contribution < 1.29 is 4.39 Å². The van der Waals surface area contributed by atoms with Crippen LogP contribution in [0.25, 0.3) is 0 Å². The van der Waals surface area contributed by atoms with Gasteiger partial charge in [-0.1, -0.05) is 15.9 Å². The molecule has 0 aliphatic carbocycles. The van der Waals surface area contributed by atoms with Gasteiger partial charge in [0.05, 0.1) is 23.0 Å². The highest BCUT2D eigenvalue weighted by Gasteiger charge is 2.06. The second kappa shape index (κ2) is 5.51. The van der Waals surface area contributed by atoms with Gasteiger partial charge in [0.15, 0.2) is 0 Å². The molecule has 18 heavy (non-hydrogen) atoms. The molecule has 0 amide bonds. The summed E-state index contributed by atoms with van der Waals surface area (Å²) < 4.78 is 15.4. The number of rotatable bonds is 2. The zero-order valence-electron chi connectivity index (χ0n) is 9.05. The third kappa shape index (κ3) is 2.89. The quantitative estimate of drug-likeness (QED) is 0.811. The molecule has 2 rings (SSSR count). The van der Waals surface area contributed by atoms with Crippen molar-refractivity contribution in [1.82, 2.24) is 0 Å². The van der Waals surface area contributed by atoms with Gasteiger partial charge in [-0.3, -0.25) is 0 Å². The molecule has 5 heteroatoms. The molecular weight excluding hydrogens is 363 g/mol. The zero-order valence-corrected chi connectivity index (χ0v) is 12.2. The fourth-order valence-electron chi connectivity index (χ4n) is 1.42. The average Bonchev–Trinajstić information content (AvgIpc) is 2.34. The van der Waals surface area contributed by atoms with Crippen molar-refractivity contribution in [3.05, 3.63) is 56.7 Å². The van der Waals surface area contributed by atoms with Crippen LogP contribution >= 0.6 is 31.9 Å². The number of nitriles is 1. The number of hydrogen-bond acceptors (Lipinski definition) is 2. The van der Waals surface area contributed by atoms with E-state index in [2.05, 4.69) is 37.2 Å². The SMILES string of the molecule is N#Cc1ccc(Nc2ccc(Br)cc2Br)c(F)c1. The van der Waals surface area contributed by atoms with E-state index in [1.807, 2.05) is 24.3 Å². The Kier molecular flexibility index (Phi) is 4.00.